The molecule has 2 aliphatic heterocycles. The first-order chi connectivity index (χ1) is 12.6. The number of anilines is 1. The maximum Gasteiger partial charge on any atom is 0.263 e. The summed E-state index contributed by atoms with van der Waals surface area (Å²) in [6, 6.07) is 12.8. The Bertz CT molecular complexity index is 903. The molecule has 2 heterocycles. The van der Waals surface area contributed by atoms with E-state index in [0.717, 1.165) is 10.5 Å². The van der Waals surface area contributed by atoms with E-state index in [0.29, 0.717) is 23.0 Å². The molecule has 0 saturated carbocycles. The second-order valence-electron chi connectivity index (χ2n) is 6.01. The van der Waals surface area contributed by atoms with E-state index in [9.17, 15) is 9.59 Å². The van der Waals surface area contributed by atoms with E-state index in [-0.39, 0.29) is 5.91 Å². The number of ether oxygens (including phenoxy) is 1. The Morgan fingerprint density at radius 2 is 1.88 bits per heavy atom. The topological polar surface area (TPSA) is 74.6 Å². The fraction of sp³-hybridized carbons (Fsp3) is 0.222. The largest absolute Gasteiger partial charge is 0.495 e. The first-order valence-corrected chi connectivity index (χ1v) is 8.40. The predicted octanol–water partition coefficient (Wildman–Crippen LogP) is 2.84. The Balaban J connectivity index is 1.61. The fourth-order valence-corrected chi connectivity index (χ4v) is 3.43. The minimum absolute atomic E-state index is 0.324. The molecule has 0 aromatic heterocycles. The number of rotatable bonds is 4. The first-order valence-electron chi connectivity index (χ1n) is 8.03. The van der Waals surface area contributed by atoms with Gasteiger partial charge in [-0.1, -0.05) is 47.2 Å². The van der Waals surface area contributed by atoms with Crippen LogP contribution in [0.3, 0.4) is 0 Å². The lowest BCUT2D eigenvalue weighted by Gasteiger charge is -2.21. The van der Waals surface area contributed by atoms with Crippen LogP contribution in [0.5, 0.6) is 5.75 Å². The summed E-state index contributed by atoms with van der Waals surface area (Å²) in [6.07, 6.45) is 0. The van der Waals surface area contributed by atoms with Crippen LogP contribution in [0.1, 0.15) is 5.56 Å². The number of amides is 2. The molecule has 2 aromatic rings. The summed E-state index contributed by atoms with van der Waals surface area (Å²) in [5.74, 6) is -0.289. The minimum Gasteiger partial charge on any atom is -0.495 e. The zero-order valence-electron chi connectivity index (χ0n) is 13.9. The molecule has 4 rings (SSSR count). The Hall–Kier alpha value is -2.93. The Labute approximate surface area is 154 Å². The van der Waals surface area contributed by atoms with E-state index in [2.05, 4.69) is 10.3 Å². The smallest absolute Gasteiger partial charge is 0.263 e. The van der Waals surface area contributed by atoms with Gasteiger partial charge in [0, 0.05) is 0 Å². The normalized spacial score (nSPS) is 21.5. The number of nitrogens with zero attached hydrogens (tertiary/aromatic N) is 4. The molecule has 0 unspecified atom stereocenters. The van der Waals surface area contributed by atoms with Crippen LogP contribution in [0.15, 0.2) is 58.9 Å². The summed E-state index contributed by atoms with van der Waals surface area (Å²) in [7, 11) is 1.50. The Morgan fingerprint density at radius 1 is 1.12 bits per heavy atom. The second kappa shape index (κ2) is 6.42. The van der Waals surface area contributed by atoms with E-state index >= 15 is 0 Å². The second-order valence-corrected chi connectivity index (χ2v) is 6.42. The van der Waals surface area contributed by atoms with Gasteiger partial charge in [-0.25, -0.2) is 4.90 Å². The summed E-state index contributed by atoms with van der Waals surface area (Å²) in [5.41, 5.74) is 1.38. The zero-order valence-corrected chi connectivity index (χ0v) is 14.6. The number of fused-ring (bicyclic) bond motifs is 1. The molecule has 2 atom stereocenters. The van der Waals surface area contributed by atoms with Crippen molar-refractivity contribution in [1.82, 2.24) is 5.01 Å². The molecule has 2 aliphatic rings. The molecule has 0 radical (unpaired) electrons. The van der Waals surface area contributed by atoms with E-state index in [1.807, 2.05) is 30.3 Å². The number of methoxy groups -OCH3 is 1. The molecule has 0 bridgehead atoms. The standard InChI is InChI=1S/C18H15ClN4O3/c1-26-14-8-7-12(9-13(14)19)23-17(24)15-16(18(23)25)22(21-20-15)10-11-5-3-2-4-6-11/h2-9,15-16H,10H2,1H3/t15-,16+/m1/s1. The van der Waals surface area contributed by atoms with E-state index in [1.54, 1.807) is 17.1 Å². The van der Waals surface area contributed by atoms with Crippen molar-refractivity contribution in [2.45, 2.75) is 18.6 Å². The van der Waals surface area contributed by atoms with Gasteiger partial charge in [0.1, 0.15) is 5.75 Å². The van der Waals surface area contributed by atoms with Crippen LogP contribution < -0.4 is 9.64 Å². The number of hydrogen-bond donors (Lipinski definition) is 0. The quantitative estimate of drug-likeness (QED) is 0.775. The lowest BCUT2D eigenvalue weighted by molar-refractivity contribution is -0.123. The van der Waals surface area contributed by atoms with Crippen LogP contribution in [0, 0.1) is 0 Å². The zero-order chi connectivity index (χ0) is 18.3. The van der Waals surface area contributed by atoms with Crippen LogP contribution in [0.25, 0.3) is 0 Å². The van der Waals surface area contributed by atoms with Crippen molar-refractivity contribution in [1.29, 1.82) is 0 Å². The van der Waals surface area contributed by atoms with Gasteiger partial charge in [0.05, 0.1) is 24.4 Å². The van der Waals surface area contributed by atoms with Gasteiger partial charge in [0.15, 0.2) is 12.1 Å². The van der Waals surface area contributed by atoms with Gasteiger partial charge >= 0.3 is 0 Å². The number of halogens is 1. The summed E-state index contributed by atoms with van der Waals surface area (Å²) >= 11 is 6.13. The SMILES string of the molecule is COc1ccc(N2C(=O)[C@@H]3[C@@H](N=NN3Cc3ccccc3)C2=O)cc1Cl. The number of imide groups is 1. The molecule has 1 saturated heterocycles. The lowest BCUT2D eigenvalue weighted by atomic mass is 10.1. The molecular weight excluding hydrogens is 356 g/mol. The van der Waals surface area contributed by atoms with Crippen LogP contribution in [0.4, 0.5) is 5.69 Å². The third kappa shape index (κ3) is 2.61. The van der Waals surface area contributed by atoms with Gasteiger partial charge in [-0.3, -0.25) is 14.6 Å². The maximum atomic E-state index is 12.9. The molecule has 26 heavy (non-hydrogen) atoms. The average molecular weight is 371 g/mol. The summed E-state index contributed by atoms with van der Waals surface area (Å²) in [4.78, 5) is 26.8. The maximum absolute atomic E-state index is 12.9. The summed E-state index contributed by atoms with van der Waals surface area (Å²) < 4.78 is 5.11. The summed E-state index contributed by atoms with van der Waals surface area (Å²) in [6.45, 7) is 0.404. The van der Waals surface area contributed by atoms with Gasteiger partial charge in [0.25, 0.3) is 11.8 Å². The minimum atomic E-state index is -0.827. The summed E-state index contributed by atoms with van der Waals surface area (Å²) in [5, 5.41) is 9.94. The third-order valence-corrected chi connectivity index (χ3v) is 4.73. The lowest BCUT2D eigenvalue weighted by Crippen LogP contribution is -2.39. The molecule has 2 amide bonds. The van der Waals surface area contributed by atoms with Gasteiger partial charge in [-0.15, -0.1) is 0 Å². The van der Waals surface area contributed by atoms with Crippen molar-refractivity contribution in [3.63, 3.8) is 0 Å². The van der Waals surface area contributed by atoms with Crippen LogP contribution in [0.2, 0.25) is 5.02 Å². The molecule has 8 heteroatoms. The molecule has 0 aliphatic carbocycles. The van der Waals surface area contributed by atoms with Crippen LogP contribution in [-0.4, -0.2) is 36.0 Å². The van der Waals surface area contributed by atoms with Crippen molar-refractivity contribution < 1.29 is 14.3 Å². The number of carbonyl (C=O) groups is 2. The molecule has 7 nitrogen and oxygen atoms in total. The number of carbonyl (C=O) groups excluding carboxylic acids is 2. The van der Waals surface area contributed by atoms with Crippen molar-refractivity contribution in [3.05, 3.63) is 59.1 Å². The van der Waals surface area contributed by atoms with Crippen LogP contribution >= 0.6 is 11.6 Å². The van der Waals surface area contributed by atoms with Crippen molar-refractivity contribution >= 4 is 29.1 Å². The number of benzene rings is 2. The number of hydrogen-bond acceptors (Lipinski definition) is 6. The fourth-order valence-electron chi connectivity index (χ4n) is 3.17. The highest BCUT2D eigenvalue weighted by atomic mass is 35.5. The van der Waals surface area contributed by atoms with E-state index < -0.39 is 18.0 Å². The van der Waals surface area contributed by atoms with Gasteiger partial charge in [-0.05, 0) is 23.8 Å². The molecular formula is C18H15ClN4O3. The van der Waals surface area contributed by atoms with Crippen molar-refractivity contribution in [2.75, 3.05) is 12.0 Å². The monoisotopic (exact) mass is 370 g/mol. The molecule has 1 fully saturated rings. The molecule has 0 N–H and O–H groups in total. The molecule has 132 valence electrons. The Morgan fingerprint density at radius 3 is 2.58 bits per heavy atom. The van der Waals surface area contributed by atoms with Gasteiger partial charge in [-0.2, -0.15) is 5.11 Å². The van der Waals surface area contributed by atoms with Crippen LogP contribution in [-0.2, 0) is 16.1 Å². The van der Waals surface area contributed by atoms with Gasteiger partial charge < -0.3 is 4.74 Å². The highest BCUT2D eigenvalue weighted by Crippen LogP contribution is 2.35. The molecule has 2 aromatic carbocycles. The third-order valence-electron chi connectivity index (χ3n) is 4.44. The Kier molecular flexibility index (Phi) is 4.08. The highest BCUT2D eigenvalue weighted by molar-refractivity contribution is 6.33. The first kappa shape index (κ1) is 16.5. The van der Waals surface area contributed by atoms with Gasteiger partial charge in [0.2, 0.25) is 0 Å². The van der Waals surface area contributed by atoms with E-state index in [4.69, 9.17) is 16.3 Å². The average Bonchev–Trinajstić information content (AvgIpc) is 3.16. The van der Waals surface area contributed by atoms with Crippen molar-refractivity contribution in [3.8, 4) is 5.75 Å². The van der Waals surface area contributed by atoms with E-state index in [1.165, 1.54) is 13.2 Å². The highest BCUT2D eigenvalue weighted by Gasteiger charge is 2.54. The van der Waals surface area contributed by atoms with Crippen molar-refractivity contribution in [2.24, 2.45) is 10.3 Å². The molecule has 0 spiro atoms. The predicted molar refractivity (Wildman–Crippen MR) is 94.9 cm³/mol.